The molecule has 7 nitrogen and oxygen atoms in total. The summed E-state index contributed by atoms with van der Waals surface area (Å²) in [6.07, 6.45) is 6.95. The van der Waals surface area contributed by atoms with E-state index in [4.69, 9.17) is 0 Å². The van der Waals surface area contributed by atoms with Gasteiger partial charge in [0.25, 0.3) is 0 Å². The molecule has 16 heavy (non-hydrogen) atoms. The first-order chi connectivity index (χ1) is 7.81. The SMILES string of the molecule is Cn1cc(Nc2ncc3cn[nH]c3n2)cn1. The van der Waals surface area contributed by atoms with Crippen LogP contribution in [0.5, 0.6) is 0 Å². The van der Waals surface area contributed by atoms with Crippen LogP contribution in [0.25, 0.3) is 11.0 Å². The summed E-state index contributed by atoms with van der Waals surface area (Å²) in [5.74, 6) is 0.518. The number of rotatable bonds is 2. The van der Waals surface area contributed by atoms with Crippen molar-refractivity contribution < 1.29 is 0 Å². The van der Waals surface area contributed by atoms with Gasteiger partial charge < -0.3 is 5.32 Å². The zero-order valence-electron chi connectivity index (χ0n) is 8.55. The fourth-order valence-electron chi connectivity index (χ4n) is 1.41. The highest BCUT2D eigenvalue weighted by Gasteiger charge is 2.02. The van der Waals surface area contributed by atoms with Crippen molar-refractivity contribution in [2.24, 2.45) is 7.05 Å². The Morgan fingerprint density at radius 2 is 2.25 bits per heavy atom. The van der Waals surface area contributed by atoms with Crippen LogP contribution in [0.1, 0.15) is 0 Å². The van der Waals surface area contributed by atoms with Crippen molar-refractivity contribution in [2.75, 3.05) is 5.32 Å². The molecule has 3 aromatic rings. The number of aryl methyl sites for hydroxylation is 1. The van der Waals surface area contributed by atoms with Crippen molar-refractivity contribution in [1.82, 2.24) is 29.9 Å². The number of aromatic nitrogens is 6. The van der Waals surface area contributed by atoms with Crippen molar-refractivity contribution in [3.63, 3.8) is 0 Å². The summed E-state index contributed by atoms with van der Waals surface area (Å²) in [4.78, 5) is 8.43. The fourth-order valence-corrected chi connectivity index (χ4v) is 1.41. The lowest BCUT2D eigenvalue weighted by atomic mass is 10.4. The summed E-state index contributed by atoms with van der Waals surface area (Å²) >= 11 is 0. The van der Waals surface area contributed by atoms with Crippen LogP contribution in [-0.2, 0) is 7.05 Å². The minimum absolute atomic E-state index is 0.518. The maximum atomic E-state index is 4.26. The lowest BCUT2D eigenvalue weighted by Gasteiger charge is -1.99. The van der Waals surface area contributed by atoms with Gasteiger partial charge in [-0.1, -0.05) is 0 Å². The van der Waals surface area contributed by atoms with E-state index < -0.39 is 0 Å². The van der Waals surface area contributed by atoms with Gasteiger partial charge in [-0.2, -0.15) is 15.2 Å². The fraction of sp³-hybridized carbons (Fsp3) is 0.111. The highest BCUT2D eigenvalue weighted by atomic mass is 15.3. The average molecular weight is 215 g/mol. The quantitative estimate of drug-likeness (QED) is 0.661. The van der Waals surface area contributed by atoms with E-state index in [0.29, 0.717) is 11.6 Å². The summed E-state index contributed by atoms with van der Waals surface area (Å²) in [7, 11) is 1.85. The Morgan fingerprint density at radius 1 is 1.31 bits per heavy atom. The first kappa shape index (κ1) is 8.84. The van der Waals surface area contributed by atoms with Crippen molar-refractivity contribution in [3.05, 3.63) is 24.8 Å². The molecular formula is C9H9N7. The van der Waals surface area contributed by atoms with Gasteiger partial charge in [-0.15, -0.1) is 0 Å². The van der Waals surface area contributed by atoms with Crippen LogP contribution < -0.4 is 5.32 Å². The predicted molar refractivity (Wildman–Crippen MR) is 58.2 cm³/mol. The number of hydrogen-bond donors (Lipinski definition) is 2. The number of anilines is 2. The highest BCUT2D eigenvalue weighted by molar-refractivity contribution is 5.74. The third-order valence-corrected chi connectivity index (χ3v) is 2.15. The first-order valence-electron chi connectivity index (χ1n) is 4.73. The number of H-pyrrole nitrogens is 1. The number of nitrogens with zero attached hydrogens (tertiary/aromatic N) is 5. The first-order valence-corrected chi connectivity index (χ1v) is 4.73. The predicted octanol–water partition coefficient (Wildman–Crippen LogP) is 0.830. The lowest BCUT2D eigenvalue weighted by molar-refractivity contribution is 0.768. The number of hydrogen-bond acceptors (Lipinski definition) is 5. The summed E-state index contributed by atoms with van der Waals surface area (Å²) in [6, 6.07) is 0. The van der Waals surface area contributed by atoms with E-state index >= 15 is 0 Å². The molecule has 0 radical (unpaired) electrons. The second kappa shape index (κ2) is 3.30. The maximum Gasteiger partial charge on any atom is 0.229 e. The smallest absolute Gasteiger partial charge is 0.229 e. The van der Waals surface area contributed by atoms with Crippen LogP contribution >= 0.6 is 0 Å². The van der Waals surface area contributed by atoms with Crippen LogP contribution in [0, 0.1) is 0 Å². The Bertz CT molecular complexity index is 623. The molecule has 0 fully saturated rings. The Hall–Kier alpha value is -2.44. The van der Waals surface area contributed by atoms with Gasteiger partial charge in [-0.05, 0) is 0 Å². The molecule has 0 saturated heterocycles. The second-order valence-corrected chi connectivity index (χ2v) is 3.40. The van der Waals surface area contributed by atoms with Crippen molar-refractivity contribution in [1.29, 1.82) is 0 Å². The highest BCUT2D eigenvalue weighted by Crippen LogP contribution is 2.13. The number of aromatic amines is 1. The summed E-state index contributed by atoms with van der Waals surface area (Å²) in [5, 5.41) is 14.7. The Labute approximate surface area is 90.5 Å². The van der Waals surface area contributed by atoms with Crippen LogP contribution in [0.3, 0.4) is 0 Å². The van der Waals surface area contributed by atoms with Gasteiger partial charge in [0.2, 0.25) is 5.95 Å². The van der Waals surface area contributed by atoms with Crippen molar-refractivity contribution >= 4 is 22.7 Å². The zero-order valence-corrected chi connectivity index (χ0v) is 8.55. The standard InChI is InChI=1S/C9H9N7/c1-16-5-7(4-12-16)13-9-10-2-6-3-11-15-8(6)14-9/h2-5H,1H3,(H2,10,11,13,14,15). The molecule has 0 aliphatic heterocycles. The molecule has 2 N–H and O–H groups in total. The van der Waals surface area contributed by atoms with Crippen LogP contribution in [0.2, 0.25) is 0 Å². The van der Waals surface area contributed by atoms with Gasteiger partial charge in [-0.25, -0.2) is 4.98 Å². The van der Waals surface area contributed by atoms with Gasteiger partial charge >= 0.3 is 0 Å². The molecule has 7 heteroatoms. The molecule has 80 valence electrons. The van der Waals surface area contributed by atoms with Gasteiger partial charge in [0.05, 0.1) is 23.5 Å². The third-order valence-electron chi connectivity index (χ3n) is 2.15. The van der Waals surface area contributed by atoms with Gasteiger partial charge in [0, 0.05) is 19.4 Å². The van der Waals surface area contributed by atoms with E-state index in [-0.39, 0.29) is 0 Å². The molecule has 0 unspecified atom stereocenters. The van der Waals surface area contributed by atoms with Crippen LogP contribution in [0.15, 0.2) is 24.8 Å². The van der Waals surface area contributed by atoms with Gasteiger partial charge in [0.15, 0.2) is 5.65 Å². The van der Waals surface area contributed by atoms with Crippen molar-refractivity contribution in [3.8, 4) is 0 Å². The van der Waals surface area contributed by atoms with E-state index in [1.165, 1.54) is 0 Å². The second-order valence-electron chi connectivity index (χ2n) is 3.40. The monoisotopic (exact) mass is 215 g/mol. The summed E-state index contributed by atoms with van der Waals surface area (Å²) in [5.41, 5.74) is 1.56. The largest absolute Gasteiger partial charge is 0.321 e. The van der Waals surface area contributed by atoms with E-state index in [9.17, 15) is 0 Å². The molecule has 0 saturated carbocycles. The average Bonchev–Trinajstić information content (AvgIpc) is 2.87. The van der Waals surface area contributed by atoms with Gasteiger partial charge in [0.1, 0.15) is 0 Å². The minimum Gasteiger partial charge on any atom is -0.321 e. The lowest BCUT2D eigenvalue weighted by Crippen LogP contribution is -1.95. The maximum absolute atomic E-state index is 4.26. The minimum atomic E-state index is 0.518. The molecule has 0 spiro atoms. The van der Waals surface area contributed by atoms with Gasteiger partial charge in [-0.3, -0.25) is 9.78 Å². The van der Waals surface area contributed by atoms with E-state index in [1.807, 2.05) is 13.2 Å². The molecule has 0 amide bonds. The summed E-state index contributed by atoms with van der Waals surface area (Å²) < 4.78 is 1.71. The number of fused-ring (bicyclic) bond motifs is 1. The van der Waals surface area contributed by atoms with E-state index in [2.05, 4.69) is 30.6 Å². The Morgan fingerprint density at radius 3 is 3.06 bits per heavy atom. The normalized spacial score (nSPS) is 10.8. The molecular weight excluding hydrogens is 206 g/mol. The molecule has 3 rings (SSSR count). The topological polar surface area (TPSA) is 84.3 Å². The Balaban J connectivity index is 1.94. The molecule has 0 atom stereocenters. The molecule has 0 aliphatic carbocycles. The van der Waals surface area contributed by atoms with Crippen molar-refractivity contribution in [2.45, 2.75) is 0 Å². The van der Waals surface area contributed by atoms with Crippen LogP contribution in [-0.4, -0.2) is 29.9 Å². The molecule has 3 aromatic heterocycles. The molecule has 0 aromatic carbocycles. The van der Waals surface area contributed by atoms with Crippen LogP contribution in [0.4, 0.5) is 11.6 Å². The van der Waals surface area contributed by atoms with E-state index in [0.717, 1.165) is 11.1 Å². The summed E-state index contributed by atoms with van der Waals surface area (Å²) in [6.45, 7) is 0. The number of nitrogens with one attached hydrogen (secondary N) is 2. The molecule has 3 heterocycles. The molecule has 0 aliphatic rings. The Kier molecular flexibility index (Phi) is 1.82. The third kappa shape index (κ3) is 1.48. The van der Waals surface area contributed by atoms with E-state index in [1.54, 1.807) is 23.3 Å². The zero-order chi connectivity index (χ0) is 11.0. The molecule has 0 bridgehead atoms.